The zero-order valence-electron chi connectivity index (χ0n) is 11.3. The fourth-order valence-corrected chi connectivity index (χ4v) is 3.68. The van der Waals surface area contributed by atoms with Gasteiger partial charge in [-0.1, -0.05) is 27.2 Å². The molecular formula is C13H28N2S. The Bertz CT molecular complexity index is 187. The molecule has 0 aromatic heterocycles. The van der Waals surface area contributed by atoms with Crippen LogP contribution in [0.4, 0.5) is 0 Å². The van der Waals surface area contributed by atoms with Gasteiger partial charge in [0, 0.05) is 30.1 Å². The van der Waals surface area contributed by atoms with Crippen LogP contribution >= 0.6 is 11.8 Å². The average molecular weight is 244 g/mol. The maximum absolute atomic E-state index is 3.69. The van der Waals surface area contributed by atoms with Crippen molar-refractivity contribution in [2.45, 2.75) is 45.7 Å². The fourth-order valence-electron chi connectivity index (χ4n) is 2.37. The maximum Gasteiger partial charge on any atom is 0.0337 e. The lowest BCUT2D eigenvalue weighted by molar-refractivity contribution is 0.196. The number of nitrogens with zero attached hydrogens (tertiary/aromatic N) is 1. The van der Waals surface area contributed by atoms with Gasteiger partial charge in [0.25, 0.3) is 0 Å². The van der Waals surface area contributed by atoms with Crippen LogP contribution in [0.3, 0.4) is 0 Å². The van der Waals surface area contributed by atoms with Gasteiger partial charge in [-0.15, -0.1) is 0 Å². The third-order valence-electron chi connectivity index (χ3n) is 3.73. The summed E-state index contributed by atoms with van der Waals surface area (Å²) in [6.07, 6.45) is 2.62. The lowest BCUT2D eigenvalue weighted by atomic mass is 9.94. The molecule has 1 N–H and O–H groups in total. The zero-order valence-corrected chi connectivity index (χ0v) is 12.1. The molecule has 0 saturated carbocycles. The Labute approximate surface area is 106 Å². The molecule has 0 bridgehead atoms. The third-order valence-corrected chi connectivity index (χ3v) is 4.78. The lowest BCUT2D eigenvalue weighted by Gasteiger charge is -2.39. The molecule has 0 amide bonds. The minimum Gasteiger partial charge on any atom is -0.313 e. The molecule has 1 heterocycles. The van der Waals surface area contributed by atoms with Crippen molar-refractivity contribution in [1.82, 2.24) is 10.2 Å². The van der Waals surface area contributed by atoms with Gasteiger partial charge in [-0.25, -0.2) is 0 Å². The average Bonchev–Trinajstić information content (AvgIpc) is 2.29. The Kier molecular flexibility index (Phi) is 6.78. The van der Waals surface area contributed by atoms with Crippen molar-refractivity contribution in [3.05, 3.63) is 0 Å². The summed E-state index contributed by atoms with van der Waals surface area (Å²) >= 11 is 2.11. The van der Waals surface area contributed by atoms with Crippen LogP contribution in [-0.4, -0.2) is 48.6 Å². The van der Waals surface area contributed by atoms with Gasteiger partial charge in [-0.2, -0.15) is 11.8 Å². The summed E-state index contributed by atoms with van der Waals surface area (Å²) in [5, 5.41) is 3.69. The van der Waals surface area contributed by atoms with Crippen molar-refractivity contribution in [3.8, 4) is 0 Å². The van der Waals surface area contributed by atoms with Crippen molar-refractivity contribution in [2.75, 3.05) is 31.6 Å². The van der Waals surface area contributed by atoms with E-state index in [4.69, 9.17) is 0 Å². The molecule has 0 spiro atoms. The summed E-state index contributed by atoms with van der Waals surface area (Å²) in [4.78, 5) is 2.55. The van der Waals surface area contributed by atoms with Crippen LogP contribution in [0.25, 0.3) is 0 Å². The first-order valence-corrected chi connectivity index (χ1v) is 7.85. The molecule has 0 aliphatic carbocycles. The largest absolute Gasteiger partial charge is 0.313 e. The summed E-state index contributed by atoms with van der Waals surface area (Å²) < 4.78 is 0. The highest BCUT2D eigenvalue weighted by atomic mass is 32.2. The van der Waals surface area contributed by atoms with E-state index in [1.54, 1.807) is 0 Å². The van der Waals surface area contributed by atoms with Gasteiger partial charge in [0.1, 0.15) is 0 Å². The van der Waals surface area contributed by atoms with E-state index in [-0.39, 0.29) is 0 Å². The third kappa shape index (κ3) is 4.27. The van der Waals surface area contributed by atoms with Gasteiger partial charge in [-0.3, -0.25) is 0 Å². The van der Waals surface area contributed by atoms with Gasteiger partial charge < -0.3 is 10.2 Å². The number of nitrogens with one attached hydrogen (secondary N) is 1. The Morgan fingerprint density at radius 3 is 2.75 bits per heavy atom. The Morgan fingerprint density at radius 2 is 2.19 bits per heavy atom. The summed E-state index contributed by atoms with van der Waals surface area (Å²) in [6.45, 7) is 9.24. The fraction of sp³-hybridized carbons (Fsp3) is 1.00. The minimum absolute atomic E-state index is 0.678. The first-order valence-electron chi connectivity index (χ1n) is 6.70. The molecule has 3 heteroatoms. The van der Waals surface area contributed by atoms with E-state index >= 15 is 0 Å². The van der Waals surface area contributed by atoms with E-state index in [1.807, 2.05) is 0 Å². The molecule has 2 nitrogen and oxygen atoms in total. The van der Waals surface area contributed by atoms with Gasteiger partial charge in [0.15, 0.2) is 0 Å². The van der Waals surface area contributed by atoms with E-state index in [2.05, 4.69) is 49.8 Å². The number of hydrogen-bond donors (Lipinski definition) is 1. The molecule has 3 atom stereocenters. The van der Waals surface area contributed by atoms with Crippen LogP contribution in [-0.2, 0) is 0 Å². The summed E-state index contributed by atoms with van der Waals surface area (Å²) in [5.41, 5.74) is 0. The van der Waals surface area contributed by atoms with Crippen LogP contribution in [0.15, 0.2) is 0 Å². The molecule has 1 saturated heterocycles. The standard InChI is InChI=1S/C13H28N2S/c1-5-11(3)9-12(14-6-2)13-10-16-8-7-15(13)4/h11-14H,5-10H2,1-4H3. The predicted octanol–water partition coefficient (Wildman–Crippen LogP) is 2.45. The molecule has 0 aromatic carbocycles. The van der Waals surface area contributed by atoms with Gasteiger partial charge in [0.05, 0.1) is 0 Å². The van der Waals surface area contributed by atoms with Crippen molar-refractivity contribution in [3.63, 3.8) is 0 Å². The van der Waals surface area contributed by atoms with Crippen molar-refractivity contribution in [1.29, 1.82) is 0 Å². The van der Waals surface area contributed by atoms with Crippen LogP contribution in [0.2, 0.25) is 0 Å². The second kappa shape index (κ2) is 7.57. The highest BCUT2D eigenvalue weighted by Gasteiger charge is 2.28. The van der Waals surface area contributed by atoms with E-state index < -0.39 is 0 Å². The van der Waals surface area contributed by atoms with E-state index in [0.29, 0.717) is 6.04 Å². The molecule has 16 heavy (non-hydrogen) atoms. The second-order valence-electron chi connectivity index (χ2n) is 5.04. The Balaban J connectivity index is 2.52. The molecule has 1 rings (SSSR count). The Hall–Kier alpha value is 0.270. The van der Waals surface area contributed by atoms with Crippen LogP contribution in [0.1, 0.15) is 33.6 Å². The monoisotopic (exact) mass is 244 g/mol. The van der Waals surface area contributed by atoms with Crippen LogP contribution < -0.4 is 5.32 Å². The summed E-state index contributed by atoms with van der Waals surface area (Å²) in [5.74, 6) is 3.43. The first-order chi connectivity index (χ1) is 7.69. The van der Waals surface area contributed by atoms with E-state index in [1.165, 1.54) is 30.9 Å². The minimum atomic E-state index is 0.678. The predicted molar refractivity (Wildman–Crippen MR) is 75.3 cm³/mol. The summed E-state index contributed by atoms with van der Waals surface area (Å²) in [6, 6.07) is 1.41. The van der Waals surface area contributed by atoms with Crippen LogP contribution in [0.5, 0.6) is 0 Å². The normalized spacial score (nSPS) is 26.6. The van der Waals surface area contributed by atoms with E-state index in [0.717, 1.165) is 18.5 Å². The first kappa shape index (κ1) is 14.3. The molecule has 3 unspecified atom stereocenters. The van der Waals surface area contributed by atoms with Gasteiger partial charge in [0.2, 0.25) is 0 Å². The highest BCUT2D eigenvalue weighted by molar-refractivity contribution is 7.99. The van der Waals surface area contributed by atoms with Crippen molar-refractivity contribution in [2.24, 2.45) is 5.92 Å². The molecule has 0 aromatic rings. The number of rotatable bonds is 6. The topological polar surface area (TPSA) is 15.3 Å². The molecule has 0 radical (unpaired) electrons. The van der Waals surface area contributed by atoms with Crippen LogP contribution in [0, 0.1) is 5.92 Å². The number of likely N-dealkylation sites (N-methyl/N-ethyl adjacent to an activating group) is 2. The van der Waals surface area contributed by atoms with Crippen molar-refractivity contribution >= 4 is 11.8 Å². The maximum atomic E-state index is 3.69. The lowest BCUT2D eigenvalue weighted by Crippen LogP contribution is -2.53. The Morgan fingerprint density at radius 1 is 1.44 bits per heavy atom. The van der Waals surface area contributed by atoms with Gasteiger partial charge >= 0.3 is 0 Å². The molecule has 1 aliphatic heterocycles. The molecule has 1 fully saturated rings. The SMILES string of the molecule is CCNC(CC(C)CC)C1CSCCN1C. The molecule has 1 aliphatic rings. The van der Waals surface area contributed by atoms with Crippen molar-refractivity contribution < 1.29 is 0 Å². The summed E-state index contributed by atoms with van der Waals surface area (Å²) in [7, 11) is 2.28. The number of hydrogen-bond acceptors (Lipinski definition) is 3. The molecular weight excluding hydrogens is 216 g/mol. The van der Waals surface area contributed by atoms with E-state index in [9.17, 15) is 0 Å². The number of thioether (sulfide) groups is 1. The quantitative estimate of drug-likeness (QED) is 0.772. The highest BCUT2D eigenvalue weighted by Crippen LogP contribution is 2.22. The second-order valence-corrected chi connectivity index (χ2v) is 6.19. The molecule has 96 valence electrons. The zero-order chi connectivity index (χ0) is 12.0. The van der Waals surface area contributed by atoms with Gasteiger partial charge in [-0.05, 0) is 25.9 Å². The smallest absolute Gasteiger partial charge is 0.0337 e.